The van der Waals surface area contributed by atoms with Crippen LogP contribution < -0.4 is 20.7 Å². The molecule has 1 rings (SSSR count). The van der Waals surface area contributed by atoms with E-state index < -0.39 is 11.9 Å². The van der Waals surface area contributed by atoms with Crippen molar-refractivity contribution in [3.8, 4) is 11.8 Å². The number of hydrogen-bond donors (Lipinski definition) is 3. The smallest absolute Gasteiger partial charge is 0.321 e. The zero-order valence-corrected chi connectivity index (χ0v) is 12.0. The van der Waals surface area contributed by atoms with E-state index in [2.05, 4.69) is 16.0 Å². The van der Waals surface area contributed by atoms with Gasteiger partial charge in [-0.2, -0.15) is 5.26 Å². The Kier molecular flexibility index (Phi) is 6.54. The van der Waals surface area contributed by atoms with E-state index in [1.54, 1.807) is 25.1 Å². The Morgan fingerprint density at radius 2 is 2.10 bits per heavy atom. The number of nitrogens with one attached hydrogen (secondary N) is 3. The number of hydrogen-bond acceptors (Lipinski definition) is 5. The Balaban J connectivity index is 2.67. The van der Waals surface area contributed by atoms with Gasteiger partial charge in [0.2, 0.25) is 5.91 Å². The fourth-order valence-electron chi connectivity index (χ4n) is 1.57. The molecule has 7 nitrogen and oxygen atoms in total. The molecule has 1 aromatic carbocycles. The summed E-state index contributed by atoms with van der Waals surface area (Å²) in [5.74, 6) is 0.0630. The minimum Gasteiger partial charge on any atom is -0.492 e. The number of urea groups is 1. The monoisotopic (exact) mass is 290 g/mol. The summed E-state index contributed by atoms with van der Waals surface area (Å²) in [5, 5.41) is 16.4. The van der Waals surface area contributed by atoms with Gasteiger partial charge in [-0.25, -0.2) is 4.79 Å². The number of nitrogens with zero attached hydrogens (tertiary/aromatic N) is 1. The highest BCUT2D eigenvalue weighted by Crippen LogP contribution is 2.25. The van der Waals surface area contributed by atoms with Crippen molar-refractivity contribution >= 4 is 17.6 Å². The molecule has 7 heteroatoms. The van der Waals surface area contributed by atoms with Crippen molar-refractivity contribution < 1.29 is 14.3 Å². The SMILES string of the molecule is CCNC(=O)NC(=O)CNc1cc(C#N)ccc1OCC. The van der Waals surface area contributed by atoms with Crippen molar-refractivity contribution in [1.82, 2.24) is 10.6 Å². The maximum absolute atomic E-state index is 11.6. The Bertz CT molecular complexity index is 552. The standard InChI is InChI=1S/C14H18N4O3/c1-3-16-14(20)18-13(19)9-17-11-7-10(8-15)5-6-12(11)21-4-2/h5-7,17H,3-4,9H2,1-2H3,(H2,16,18,19,20). The molecule has 0 aliphatic carbocycles. The molecule has 0 fully saturated rings. The largest absolute Gasteiger partial charge is 0.492 e. The maximum atomic E-state index is 11.6. The molecule has 0 spiro atoms. The summed E-state index contributed by atoms with van der Waals surface area (Å²) in [6.07, 6.45) is 0. The highest BCUT2D eigenvalue weighted by atomic mass is 16.5. The molecule has 0 radical (unpaired) electrons. The second kappa shape index (κ2) is 8.43. The third-order valence-corrected chi connectivity index (χ3v) is 2.44. The lowest BCUT2D eigenvalue weighted by molar-refractivity contribution is -0.118. The molecule has 0 bridgehead atoms. The first kappa shape index (κ1) is 16.3. The number of rotatable bonds is 6. The van der Waals surface area contributed by atoms with Gasteiger partial charge in [0.15, 0.2) is 0 Å². The first-order chi connectivity index (χ1) is 10.1. The number of nitriles is 1. The molecule has 0 atom stereocenters. The number of anilines is 1. The second-order valence-corrected chi connectivity index (χ2v) is 4.02. The molecule has 3 amide bonds. The van der Waals surface area contributed by atoms with Crippen LogP contribution >= 0.6 is 0 Å². The fraction of sp³-hybridized carbons (Fsp3) is 0.357. The Morgan fingerprint density at radius 3 is 2.71 bits per heavy atom. The van der Waals surface area contributed by atoms with Gasteiger partial charge in [0.25, 0.3) is 0 Å². The van der Waals surface area contributed by atoms with Crippen LogP contribution in [0.2, 0.25) is 0 Å². The van der Waals surface area contributed by atoms with E-state index in [0.717, 1.165) is 0 Å². The van der Waals surface area contributed by atoms with Crippen molar-refractivity contribution in [3.05, 3.63) is 23.8 Å². The highest BCUT2D eigenvalue weighted by Gasteiger charge is 2.09. The molecule has 0 saturated heterocycles. The van der Waals surface area contributed by atoms with Crippen LogP contribution in [-0.4, -0.2) is 31.6 Å². The number of amides is 3. The number of carbonyl (C=O) groups is 2. The van der Waals surface area contributed by atoms with Crippen LogP contribution in [0.4, 0.5) is 10.5 Å². The van der Waals surface area contributed by atoms with E-state index >= 15 is 0 Å². The summed E-state index contributed by atoms with van der Waals surface area (Å²) >= 11 is 0. The van der Waals surface area contributed by atoms with E-state index in [4.69, 9.17) is 10.00 Å². The lowest BCUT2D eigenvalue weighted by Crippen LogP contribution is -2.41. The van der Waals surface area contributed by atoms with Gasteiger partial charge in [-0.05, 0) is 32.0 Å². The van der Waals surface area contributed by atoms with Gasteiger partial charge in [0.05, 0.1) is 30.5 Å². The van der Waals surface area contributed by atoms with Gasteiger partial charge in [-0.1, -0.05) is 0 Å². The number of ether oxygens (including phenoxy) is 1. The topological polar surface area (TPSA) is 103 Å². The van der Waals surface area contributed by atoms with Crippen molar-refractivity contribution in [2.45, 2.75) is 13.8 Å². The van der Waals surface area contributed by atoms with E-state index in [1.165, 1.54) is 0 Å². The fourth-order valence-corrected chi connectivity index (χ4v) is 1.57. The Morgan fingerprint density at radius 1 is 1.33 bits per heavy atom. The average Bonchev–Trinajstić information content (AvgIpc) is 2.46. The van der Waals surface area contributed by atoms with Crippen molar-refractivity contribution in [2.75, 3.05) is 25.0 Å². The number of carbonyl (C=O) groups excluding carboxylic acids is 2. The van der Waals surface area contributed by atoms with Crippen molar-refractivity contribution in [2.24, 2.45) is 0 Å². The van der Waals surface area contributed by atoms with Gasteiger partial charge in [0.1, 0.15) is 5.75 Å². The quantitative estimate of drug-likeness (QED) is 0.730. The summed E-state index contributed by atoms with van der Waals surface area (Å²) in [7, 11) is 0. The minimum absolute atomic E-state index is 0.105. The summed E-state index contributed by atoms with van der Waals surface area (Å²) < 4.78 is 5.41. The first-order valence-electron chi connectivity index (χ1n) is 6.59. The average molecular weight is 290 g/mol. The van der Waals surface area contributed by atoms with Gasteiger partial charge in [0, 0.05) is 6.54 Å². The lowest BCUT2D eigenvalue weighted by atomic mass is 10.2. The molecular formula is C14H18N4O3. The Labute approximate surface area is 123 Å². The third kappa shape index (κ3) is 5.40. The van der Waals surface area contributed by atoms with Crippen molar-refractivity contribution in [3.63, 3.8) is 0 Å². The maximum Gasteiger partial charge on any atom is 0.321 e. The van der Waals surface area contributed by atoms with E-state index in [9.17, 15) is 9.59 Å². The van der Waals surface area contributed by atoms with E-state index in [0.29, 0.717) is 30.2 Å². The molecular weight excluding hydrogens is 272 g/mol. The number of imide groups is 1. The predicted molar refractivity (Wildman–Crippen MR) is 78.0 cm³/mol. The van der Waals surface area contributed by atoms with Crippen LogP contribution in [-0.2, 0) is 4.79 Å². The summed E-state index contributed by atoms with van der Waals surface area (Å²) in [6.45, 7) is 4.39. The van der Waals surface area contributed by atoms with Crippen LogP contribution in [0.1, 0.15) is 19.4 Å². The predicted octanol–water partition coefficient (Wildman–Crippen LogP) is 1.21. The van der Waals surface area contributed by atoms with E-state index in [1.807, 2.05) is 13.0 Å². The number of benzene rings is 1. The summed E-state index contributed by atoms with van der Waals surface area (Å²) in [5.41, 5.74) is 0.979. The molecule has 0 aromatic heterocycles. The van der Waals surface area contributed by atoms with Crippen LogP contribution in [0, 0.1) is 11.3 Å². The summed E-state index contributed by atoms with van der Waals surface area (Å²) in [6, 6.07) is 6.35. The molecule has 1 aromatic rings. The van der Waals surface area contributed by atoms with Crippen molar-refractivity contribution in [1.29, 1.82) is 5.26 Å². The zero-order valence-electron chi connectivity index (χ0n) is 12.0. The lowest BCUT2D eigenvalue weighted by Gasteiger charge is -2.12. The zero-order chi connectivity index (χ0) is 15.7. The highest BCUT2D eigenvalue weighted by molar-refractivity contribution is 5.96. The first-order valence-corrected chi connectivity index (χ1v) is 6.59. The third-order valence-electron chi connectivity index (χ3n) is 2.44. The molecule has 0 heterocycles. The van der Waals surface area contributed by atoms with Gasteiger partial charge >= 0.3 is 6.03 Å². The van der Waals surface area contributed by atoms with Crippen LogP contribution in [0.5, 0.6) is 5.75 Å². The second-order valence-electron chi connectivity index (χ2n) is 4.02. The molecule has 112 valence electrons. The van der Waals surface area contributed by atoms with Gasteiger partial charge < -0.3 is 15.4 Å². The Hall–Kier alpha value is -2.75. The molecule has 0 unspecified atom stereocenters. The van der Waals surface area contributed by atoms with Crippen LogP contribution in [0.15, 0.2) is 18.2 Å². The molecule has 0 saturated carbocycles. The normalized spacial score (nSPS) is 9.38. The minimum atomic E-state index is -0.542. The van der Waals surface area contributed by atoms with Crippen LogP contribution in [0.3, 0.4) is 0 Å². The van der Waals surface area contributed by atoms with E-state index in [-0.39, 0.29) is 6.54 Å². The van der Waals surface area contributed by atoms with Crippen LogP contribution in [0.25, 0.3) is 0 Å². The molecule has 21 heavy (non-hydrogen) atoms. The summed E-state index contributed by atoms with van der Waals surface area (Å²) in [4.78, 5) is 22.8. The molecule has 0 aliphatic heterocycles. The molecule has 0 aliphatic rings. The van der Waals surface area contributed by atoms with Gasteiger partial charge in [-0.3, -0.25) is 10.1 Å². The molecule has 3 N–H and O–H groups in total. The van der Waals surface area contributed by atoms with Gasteiger partial charge in [-0.15, -0.1) is 0 Å².